The van der Waals surface area contributed by atoms with Crippen LogP contribution in [0.2, 0.25) is 5.02 Å². The molecule has 3 rings (SSSR count). The molecule has 7 heteroatoms. The van der Waals surface area contributed by atoms with Crippen LogP contribution in [0.4, 0.5) is 5.69 Å². The first-order valence-electron chi connectivity index (χ1n) is 8.05. The van der Waals surface area contributed by atoms with Gasteiger partial charge in [0.05, 0.1) is 17.2 Å². The zero-order valence-electron chi connectivity index (χ0n) is 13.9. The van der Waals surface area contributed by atoms with Gasteiger partial charge in [-0.2, -0.15) is 0 Å². The predicted octanol–water partition coefficient (Wildman–Crippen LogP) is 3.51. The summed E-state index contributed by atoms with van der Waals surface area (Å²) in [5.41, 5.74) is 1.66. The summed E-state index contributed by atoms with van der Waals surface area (Å²) < 4.78 is 37.9. The number of fused-ring (bicyclic) bond motifs is 1. The van der Waals surface area contributed by atoms with Crippen LogP contribution in [0.3, 0.4) is 0 Å². The fourth-order valence-corrected chi connectivity index (χ4v) is 4.59. The number of hydrogen-bond donors (Lipinski definition) is 0. The second-order valence-electron chi connectivity index (χ2n) is 5.77. The van der Waals surface area contributed by atoms with Crippen molar-refractivity contribution in [3.05, 3.63) is 53.1 Å². The summed E-state index contributed by atoms with van der Waals surface area (Å²) in [5, 5.41) is 0.621. The van der Waals surface area contributed by atoms with E-state index in [4.69, 9.17) is 21.1 Å². The smallest absolute Gasteiger partial charge is 0.264 e. The van der Waals surface area contributed by atoms with Crippen molar-refractivity contribution in [3.63, 3.8) is 0 Å². The molecule has 5 nitrogen and oxygen atoms in total. The lowest BCUT2D eigenvalue weighted by atomic mass is 10.0. The van der Waals surface area contributed by atoms with Crippen LogP contribution in [0.5, 0.6) is 5.75 Å². The maximum atomic E-state index is 13.0. The SMILES string of the molecule is COCCOc1ccc(S(=O)(=O)N2CCCc3cc(Cl)ccc32)cc1. The molecule has 0 fully saturated rings. The van der Waals surface area contributed by atoms with Crippen molar-refractivity contribution in [1.29, 1.82) is 0 Å². The van der Waals surface area contributed by atoms with Crippen LogP contribution >= 0.6 is 11.6 Å². The lowest BCUT2D eigenvalue weighted by Gasteiger charge is -2.30. The van der Waals surface area contributed by atoms with Gasteiger partial charge in [0, 0.05) is 18.7 Å². The number of ether oxygens (including phenoxy) is 2. The number of benzene rings is 2. The van der Waals surface area contributed by atoms with Crippen molar-refractivity contribution >= 4 is 27.3 Å². The monoisotopic (exact) mass is 381 g/mol. The molecule has 0 amide bonds. The van der Waals surface area contributed by atoms with Crippen LogP contribution in [0.1, 0.15) is 12.0 Å². The third kappa shape index (κ3) is 3.92. The zero-order chi connectivity index (χ0) is 17.9. The van der Waals surface area contributed by atoms with E-state index in [2.05, 4.69) is 0 Å². The Labute approximate surface area is 153 Å². The molecule has 0 aliphatic carbocycles. The number of nitrogens with zero attached hydrogens (tertiary/aromatic N) is 1. The Morgan fingerprint density at radius 1 is 1.12 bits per heavy atom. The van der Waals surface area contributed by atoms with E-state index in [-0.39, 0.29) is 4.90 Å². The van der Waals surface area contributed by atoms with E-state index in [1.165, 1.54) is 4.31 Å². The average molecular weight is 382 g/mol. The molecule has 2 aromatic carbocycles. The highest BCUT2D eigenvalue weighted by Crippen LogP contribution is 2.33. The molecule has 1 aliphatic heterocycles. The van der Waals surface area contributed by atoms with Crippen molar-refractivity contribution < 1.29 is 17.9 Å². The molecule has 2 aromatic rings. The first-order valence-corrected chi connectivity index (χ1v) is 9.87. The van der Waals surface area contributed by atoms with E-state index in [1.54, 1.807) is 43.5 Å². The second-order valence-corrected chi connectivity index (χ2v) is 8.07. The number of sulfonamides is 1. The molecule has 1 aliphatic rings. The standard InChI is InChI=1S/C18H20ClNO4S/c1-23-11-12-24-16-5-7-17(8-6-16)25(21,22)20-10-2-3-14-13-15(19)4-9-18(14)20/h4-9,13H,2-3,10-12H2,1H3. The highest BCUT2D eigenvalue weighted by Gasteiger charge is 2.29. The second kappa shape index (κ2) is 7.64. The number of hydrogen-bond acceptors (Lipinski definition) is 4. The first kappa shape index (κ1) is 18.0. The fourth-order valence-electron chi connectivity index (χ4n) is 2.86. The van der Waals surface area contributed by atoms with Crippen molar-refractivity contribution in [2.24, 2.45) is 0 Å². The number of rotatable bonds is 6. The summed E-state index contributed by atoms with van der Waals surface area (Å²) in [5.74, 6) is 0.613. The number of halogens is 1. The van der Waals surface area contributed by atoms with Gasteiger partial charge in [-0.15, -0.1) is 0 Å². The van der Waals surface area contributed by atoms with Gasteiger partial charge in [-0.1, -0.05) is 11.6 Å². The largest absolute Gasteiger partial charge is 0.491 e. The average Bonchev–Trinajstić information content (AvgIpc) is 2.61. The maximum Gasteiger partial charge on any atom is 0.264 e. The normalized spacial score (nSPS) is 14.2. The highest BCUT2D eigenvalue weighted by atomic mass is 35.5. The van der Waals surface area contributed by atoms with Crippen LogP contribution in [0, 0.1) is 0 Å². The predicted molar refractivity (Wildman–Crippen MR) is 98.1 cm³/mol. The van der Waals surface area contributed by atoms with Crippen molar-refractivity contribution in [1.82, 2.24) is 0 Å². The molecule has 0 unspecified atom stereocenters. The van der Waals surface area contributed by atoms with Crippen LogP contribution in [0.25, 0.3) is 0 Å². The maximum absolute atomic E-state index is 13.0. The van der Waals surface area contributed by atoms with Crippen LogP contribution in [-0.4, -0.2) is 35.3 Å². The molecule has 0 radical (unpaired) electrons. The summed E-state index contributed by atoms with van der Waals surface area (Å²) in [6, 6.07) is 11.8. The molecule has 0 N–H and O–H groups in total. The zero-order valence-corrected chi connectivity index (χ0v) is 15.5. The van der Waals surface area contributed by atoms with Crippen LogP contribution in [-0.2, 0) is 21.2 Å². The minimum absolute atomic E-state index is 0.245. The van der Waals surface area contributed by atoms with E-state index >= 15 is 0 Å². The molecule has 0 saturated carbocycles. The molecule has 0 atom stereocenters. The quantitative estimate of drug-likeness (QED) is 0.718. The summed E-state index contributed by atoms with van der Waals surface area (Å²) in [6.07, 6.45) is 1.60. The Hall–Kier alpha value is -1.76. The van der Waals surface area contributed by atoms with E-state index in [1.807, 2.05) is 6.07 Å². The van der Waals surface area contributed by atoms with Gasteiger partial charge in [0.15, 0.2) is 0 Å². The summed E-state index contributed by atoms with van der Waals surface area (Å²) in [4.78, 5) is 0.245. The van der Waals surface area contributed by atoms with Gasteiger partial charge < -0.3 is 9.47 Å². The molecule has 0 aromatic heterocycles. The van der Waals surface area contributed by atoms with Gasteiger partial charge >= 0.3 is 0 Å². The minimum atomic E-state index is -3.62. The Bertz CT molecular complexity index is 837. The van der Waals surface area contributed by atoms with E-state index < -0.39 is 10.0 Å². The lowest BCUT2D eigenvalue weighted by molar-refractivity contribution is 0.146. The molecular formula is C18H20ClNO4S. The Morgan fingerprint density at radius 2 is 1.88 bits per heavy atom. The number of aryl methyl sites for hydroxylation is 1. The van der Waals surface area contributed by atoms with Crippen LogP contribution in [0.15, 0.2) is 47.4 Å². The van der Waals surface area contributed by atoms with Gasteiger partial charge in [0.25, 0.3) is 10.0 Å². The Kier molecular flexibility index (Phi) is 5.51. The fraction of sp³-hybridized carbons (Fsp3) is 0.333. The van der Waals surface area contributed by atoms with E-state index in [0.29, 0.717) is 36.2 Å². The van der Waals surface area contributed by atoms with E-state index in [0.717, 1.165) is 18.4 Å². The molecule has 0 spiro atoms. The summed E-state index contributed by atoms with van der Waals surface area (Å²) in [7, 11) is -2.02. The molecule has 134 valence electrons. The summed E-state index contributed by atoms with van der Waals surface area (Å²) >= 11 is 6.03. The summed E-state index contributed by atoms with van der Waals surface area (Å²) in [6.45, 7) is 1.36. The van der Waals surface area contributed by atoms with Crippen molar-refractivity contribution in [2.45, 2.75) is 17.7 Å². The molecule has 25 heavy (non-hydrogen) atoms. The van der Waals surface area contributed by atoms with Crippen molar-refractivity contribution in [2.75, 3.05) is 31.2 Å². The topological polar surface area (TPSA) is 55.8 Å². The van der Waals surface area contributed by atoms with Gasteiger partial charge in [-0.25, -0.2) is 8.42 Å². The number of methoxy groups -OCH3 is 1. The third-order valence-corrected chi connectivity index (χ3v) is 6.15. The van der Waals surface area contributed by atoms with Gasteiger partial charge in [0.1, 0.15) is 12.4 Å². The minimum Gasteiger partial charge on any atom is -0.491 e. The Balaban J connectivity index is 1.85. The lowest BCUT2D eigenvalue weighted by Crippen LogP contribution is -2.35. The van der Waals surface area contributed by atoms with Gasteiger partial charge in [-0.05, 0) is 60.9 Å². The van der Waals surface area contributed by atoms with Crippen molar-refractivity contribution in [3.8, 4) is 5.75 Å². The molecule has 1 heterocycles. The third-order valence-electron chi connectivity index (χ3n) is 4.09. The highest BCUT2D eigenvalue weighted by molar-refractivity contribution is 7.92. The number of anilines is 1. The Morgan fingerprint density at radius 3 is 2.60 bits per heavy atom. The van der Waals surface area contributed by atoms with Gasteiger partial charge in [0.2, 0.25) is 0 Å². The van der Waals surface area contributed by atoms with Crippen LogP contribution < -0.4 is 9.04 Å². The molecule has 0 saturated heterocycles. The molecule has 0 bridgehead atoms. The molecular weight excluding hydrogens is 362 g/mol. The van der Waals surface area contributed by atoms with Gasteiger partial charge in [-0.3, -0.25) is 4.31 Å². The first-order chi connectivity index (χ1) is 12.0. The van der Waals surface area contributed by atoms with E-state index in [9.17, 15) is 8.42 Å².